The Morgan fingerprint density at radius 3 is 2.73 bits per heavy atom. The van der Waals surface area contributed by atoms with Gasteiger partial charge in [-0.15, -0.1) is 0 Å². The first kappa shape index (κ1) is 11.2. The lowest BCUT2D eigenvalue weighted by molar-refractivity contribution is 0.0696. The highest BCUT2D eigenvalue weighted by Gasteiger charge is 2.10. The fourth-order valence-corrected chi connectivity index (χ4v) is 1.13. The summed E-state index contributed by atoms with van der Waals surface area (Å²) in [6.45, 7) is 5.69. The summed E-state index contributed by atoms with van der Waals surface area (Å²) in [4.78, 5) is 10.5. The van der Waals surface area contributed by atoms with Crippen molar-refractivity contribution in [2.45, 2.75) is 6.92 Å². The molecule has 0 saturated heterocycles. The normalized spacial score (nSPS) is 9.73. The van der Waals surface area contributed by atoms with Crippen molar-refractivity contribution < 1.29 is 19.0 Å². The second-order valence-corrected chi connectivity index (χ2v) is 2.86. The van der Waals surface area contributed by atoms with Gasteiger partial charge in [0.15, 0.2) is 0 Å². The summed E-state index contributed by atoms with van der Waals surface area (Å²) in [5.74, 6) is -1.61. The van der Waals surface area contributed by atoms with Crippen molar-refractivity contribution in [2.75, 3.05) is 6.61 Å². The molecule has 1 aromatic carbocycles. The van der Waals surface area contributed by atoms with Crippen LogP contribution in [0.3, 0.4) is 0 Å². The zero-order chi connectivity index (χ0) is 11.4. The Morgan fingerprint density at radius 2 is 2.27 bits per heavy atom. The highest BCUT2D eigenvalue weighted by Crippen LogP contribution is 2.19. The van der Waals surface area contributed by atoms with Crippen LogP contribution in [0, 0.1) is 5.82 Å². The third-order valence-electron chi connectivity index (χ3n) is 1.84. The summed E-state index contributed by atoms with van der Waals surface area (Å²) < 4.78 is 18.4. The van der Waals surface area contributed by atoms with E-state index in [1.165, 1.54) is 12.1 Å². The average Bonchev–Trinajstić information content (AvgIpc) is 2.17. The van der Waals surface area contributed by atoms with Crippen LogP contribution in [0.5, 0.6) is 0 Å². The van der Waals surface area contributed by atoms with Gasteiger partial charge in [0.2, 0.25) is 0 Å². The molecular formula is C11H11FO3. The van der Waals surface area contributed by atoms with Crippen LogP contribution < -0.4 is 0 Å². The third-order valence-corrected chi connectivity index (χ3v) is 1.84. The molecule has 0 atom stereocenters. The first-order chi connectivity index (χ1) is 7.06. The van der Waals surface area contributed by atoms with Crippen molar-refractivity contribution in [3.63, 3.8) is 0 Å². The SMILES string of the molecule is C=C(OCC)c1ccc(C(=O)O)cc1F. The molecule has 0 aliphatic carbocycles. The van der Waals surface area contributed by atoms with Gasteiger partial charge in [-0.3, -0.25) is 0 Å². The molecule has 15 heavy (non-hydrogen) atoms. The summed E-state index contributed by atoms with van der Waals surface area (Å²) in [6.07, 6.45) is 0. The van der Waals surface area contributed by atoms with Crippen LogP contribution in [0.1, 0.15) is 22.8 Å². The fourth-order valence-electron chi connectivity index (χ4n) is 1.13. The predicted octanol–water partition coefficient (Wildman–Crippen LogP) is 2.53. The van der Waals surface area contributed by atoms with E-state index in [1.807, 2.05) is 0 Å². The smallest absolute Gasteiger partial charge is 0.335 e. The topological polar surface area (TPSA) is 46.5 Å². The number of benzene rings is 1. The van der Waals surface area contributed by atoms with E-state index in [4.69, 9.17) is 9.84 Å². The number of hydrogen-bond donors (Lipinski definition) is 1. The fraction of sp³-hybridized carbons (Fsp3) is 0.182. The predicted molar refractivity (Wildman–Crippen MR) is 54.0 cm³/mol. The molecule has 0 amide bonds. The number of carboxylic acid groups (broad SMARTS) is 1. The standard InChI is InChI=1S/C11H11FO3/c1-3-15-7(2)9-5-4-8(11(13)14)6-10(9)12/h4-6H,2-3H2,1H3,(H,13,14). The molecule has 1 rings (SSSR count). The minimum absolute atomic E-state index is 0.0967. The van der Waals surface area contributed by atoms with E-state index < -0.39 is 11.8 Å². The van der Waals surface area contributed by atoms with Gasteiger partial charge in [-0.05, 0) is 25.1 Å². The number of ether oxygens (including phenoxy) is 1. The highest BCUT2D eigenvalue weighted by molar-refractivity contribution is 5.88. The van der Waals surface area contributed by atoms with E-state index in [9.17, 15) is 9.18 Å². The molecule has 0 radical (unpaired) electrons. The molecule has 4 heteroatoms. The molecule has 0 aliphatic heterocycles. The number of carbonyl (C=O) groups is 1. The summed E-state index contributed by atoms with van der Waals surface area (Å²) in [6, 6.07) is 3.60. The van der Waals surface area contributed by atoms with Crippen LogP contribution >= 0.6 is 0 Å². The maximum atomic E-state index is 13.4. The summed E-state index contributed by atoms with van der Waals surface area (Å²) in [5, 5.41) is 8.62. The Labute approximate surface area is 86.8 Å². The van der Waals surface area contributed by atoms with Gasteiger partial charge in [-0.25, -0.2) is 9.18 Å². The van der Waals surface area contributed by atoms with E-state index in [0.717, 1.165) is 6.07 Å². The van der Waals surface area contributed by atoms with Crippen LogP contribution in [-0.4, -0.2) is 17.7 Å². The second-order valence-electron chi connectivity index (χ2n) is 2.86. The van der Waals surface area contributed by atoms with Crippen molar-refractivity contribution in [3.05, 3.63) is 41.7 Å². The van der Waals surface area contributed by atoms with Gasteiger partial charge >= 0.3 is 5.97 Å². The van der Waals surface area contributed by atoms with Crippen LogP contribution in [0.2, 0.25) is 0 Å². The van der Waals surface area contributed by atoms with Crippen LogP contribution in [0.25, 0.3) is 5.76 Å². The number of rotatable bonds is 4. The van der Waals surface area contributed by atoms with E-state index in [-0.39, 0.29) is 16.9 Å². The molecule has 80 valence electrons. The van der Waals surface area contributed by atoms with Crippen molar-refractivity contribution >= 4 is 11.7 Å². The molecule has 0 heterocycles. The van der Waals surface area contributed by atoms with Gasteiger partial charge in [0.25, 0.3) is 0 Å². The minimum Gasteiger partial charge on any atom is -0.494 e. The van der Waals surface area contributed by atoms with Crippen molar-refractivity contribution in [3.8, 4) is 0 Å². The number of aromatic carboxylic acids is 1. The number of carboxylic acids is 1. The molecule has 0 fully saturated rings. The van der Waals surface area contributed by atoms with Crippen molar-refractivity contribution in [1.82, 2.24) is 0 Å². The zero-order valence-electron chi connectivity index (χ0n) is 8.29. The van der Waals surface area contributed by atoms with E-state index in [2.05, 4.69) is 6.58 Å². The molecule has 0 spiro atoms. The lowest BCUT2D eigenvalue weighted by Crippen LogP contribution is -2.00. The minimum atomic E-state index is -1.16. The van der Waals surface area contributed by atoms with Crippen LogP contribution in [-0.2, 0) is 4.74 Å². The number of hydrogen-bond acceptors (Lipinski definition) is 2. The Balaban J connectivity index is 3.03. The van der Waals surface area contributed by atoms with Gasteiger partial charge in [0.1, 0.15) is 11.6 Å². The maximum absolute atomic E-state index is 13.4. The molecule has 1 aromatic rings. The summed E-state index contributed by atoms with van der Waals surface area (Å²) >= 11 is 0. The van der Waals surface area contributed by atoms with E-state index >= 15 is 0 Å². The summed E-state index contributed by atoms with van der Waals surface area (Å²) in [7, 11) is 0. The first-order valence-electron chi connectivity index (χ1n) is 4.41. The Morgan fingerprint density at radius 1 is 1.60 bits per heavy atom. The molecular weight excluding hydrogens is 199 g/mol. The Bertz CT molecular complexity index is 399. The van der Waals surface area contributed by atoms with Gasteiger partial charge in [0, 0.05) is 0 Å². The molecule has 0 aliphatic rings. The molecule has 3 nitrogen and oxygen atoms in total. The van der Waals surface area contributed by atoms with Gasteiger partial charge in [-0.2, -0.15) is 0 Å². The molecule has 0 aromatic heterocycles. The first-order valence-corrected chi connectivity index (χ1v) is 4.41. The van der Waals surface area contributed by atoms with E-state index in [0.29, 0.717) is 6.61 Å². The third kappa shape index (κ3) is 2.56. The van der Waals surface area contributed by atoms with E-state index in [1.54, 1.807) is 6.92 Å². The largest absolute Gasteiger partial charge is 0.494 e. The van der Waals surface area contributed by atoms with Gasteiger partial charge in [-0.1, -0.05) is 6.58 Å². The number of halogens is 1. The molecule has 0 saturated carbocycles. The van der Waals surface area contributed by atoms with Crippen molar-refractivity contribution in [2.24, 2.45) is 0 Å². The van der Waals surface area contributed by atoms with Crippen molar-refractivity contribution in [1.29, 1.82) is 0 Å². The quantitative estimate of drug-likeness (QED) is 0.777. The average molecular weight is 210 g/mol. The lowest BCUT2D eigenvalue weighted by Gasteiger charge is -2.08. The highest BCUT2D eigenvalue weighted by atomic mass is 19.1. The molecule has 0 bridgehead atoms. The molecule has 1 N–H and O–H groups in total. The lowest BCUT2D eigenvalue weighted by atomic mass is 10.1. The van der Waals surface area contributed by atoms with Crippen LogP contribution in [0.4, 0.5) is 4.39 Å². The maximum Gasteiger partial charge on any atom is 0.335 e. The Hall–Kier alpha value is -1.84. The second kappa shape index (κ2) is 4.59. The summed E-state index contributed by atoms with van der Waals surface area (Å²) in [5.41, 5.74) is 0.0856. The van der Waals surface area contributed by atoms with Gasteiger partial charge < -0.3 is 9.84 Å². The van der Waals surface area contributed by atoms with Gasteiger partial charge in [0.05, 0.1) is 17.7 Å². The van der Waals surface area contributed by atoms with Crippen LogP contribution in [0.15, 0.2) is 24.8 Å². The Kier molecular flexibility index (Phi) is 3.44. The molecule has 0 unspecified atom stereocenters. The monoisotopic (exact) mass is 210 g/mol. The zero-order valence-corrected chi connectivity index (χ0v) is 8.29.